The Morgan fingerprint density at radius 1 is 1.00 bits per heavy atom. The van der Waals surface area contributed by atoms with Gasteiger partial charge in [0.2, 0.25) is 0 Å². The van der Waals surface area contributed by atoms with E-state index in [1.165, 1.54) is 12.3 Å². The number of carbonyl (C=O) groups is 1. The molecule has 6 nitrogen and oxygen atoms in total. The number of aromatic carboxylic acids is 1. The quantitative estimate of drug-likeness (QED) is 0.275. The highest BCUT2D eigenvalue weighted by Gasteiger charge is 2.12. The fourth-order valence-electron chi connectivity index (χ4n) is 3.49. The summed E-state index contributed by atoms with van der Waals surface area (Å²) in [6.07, 6.45) is 5.36. The van der Waals surface area contributed by atoms with Gasteiger partial charge in [-0.25, -0.2) is 9.48 Å². The molecule has 0 fully saturated rings. The van der Waals surface area contributed by atoms with Crippen molar-refractivity contribution in [1.82, 2.24) is 14.8 Å². The maximum absolute atomic E-state index is 11.6. The molecule has 4 rings (SSSR count). The van der Waals surface area contributed by atoms with Crippen LogP contribution in [0, 0.1) is 0 Å². The van der Waals surface area contributed by atoms with E-state index in [9.17, 15) is 9.90 Å². The van der Waals surface area contributed by atoms with E-state index in [0.29, 0.717) is 17.6 Å². The zero-order chi connectivity index (χ0) is 22.7. The molecule has 0 bridgehead atoms. The molecule has 0 radical (unpaired) electrons. The van der Waals surface area contributed by atoms with Crippen LogP contribution in [0.1, 0.15) is 10.4 Å². The summed E-state index contributed by atoms with van der Waals surface area (Å²) in [5, 5.41) is 14.5. The number of pyridine rings is 1. The lowest BCUT2D eigenvalue weighted by molar-refractivity contribution is 0.0699. The molecule has 164 valence electrons. The third-order valence-electron chi connectivity index (χ3n) is 5.38. The van der Waals surface area contributed by atoms with Gasteiger partial charge in [-0.1, -0.05) is 50.0 Å². The molecule has 4 aromatic rings. The second-order valence-electron chi connectivity index (χ2n) is 9.09. The van der Waals surface area contributed by atoms with Crippen molar-refractivity contribution in [3.8, 4) is 22.3 Å². The van der Waals surface area contributed by atoms with E-state index in [1.54, 1.807) is 0 Å². The van der Waals surface area contributed by atoms with Gasteiger partial charge in [0, 0.05) is 38.0 Å². The van der Waals surface area contributed by atoms with Crippen LogP contribution >= 0.6 is 0 Å². The number of nitrogens with zero attached hydrogens (tertiary/aromatic N) is 3. The molecule has 7 heteroatoms. The molecule has 0 aliphatic carbocycles. The molecule has 1 N–H and O–H groups in total. The Morgan fingerprint density at radius 3 is 2.38 bits per heavy atom. The summed E-state index contributed by atoms with van der Waals surface area (Å²) in [5.41, 5.74) is 4.98. The van der Waals surface area contributed by atoms with E-state index >= 15 is 0 Å². The fourth-order valence-corrected chi connectivity index (χ4v) is 4.24. The molecule has 32 heavy (non-hydrogen) atoms. The first kappa shape index (κ1) is 21.9. The number of aromatic nitrogens is 3. The highest BCUT2D eigenvalue weighted by Crippen LogP contribution is 2.28. The van der Waals surface area contributed by atoms with Gasteiger partial charge in [-0.15, -0.1) is 0 Å². The summed E-state index contributed by atoms with van der Waals surface area (Å²) in [7, 11) is -1.09. The summed E-state index contributed by atoms with van der Waals surface area (Å²) in [4.78, 5) is 15.8. The Kier molecular flexibility index (Phi) is 6.21. The largest absolute Gasteiger partial charge is 0.478 e. The number of hydrogen-bond acceptors (Lipinski definition) is 4. The monoisotopic (exact) mass is 445 g/mol. The van der Waals surface area contributed by atoms with Crippen molar-refractivity contribution < 1.29 is 14.6 Å². The van der Waals surface area contributed by atoms with Crippen molar-refractivity contribution in [1.29, 1.82) is 0 Å². The first-order valence-corrected chi connectivity index (χ1v) is 14.3. The molecule has 2 heterocycles. The Bertz CT molecular complexity index is 1240. The van der Waals surface area contributed by atoms with Crippen LogP contribution in [0.15, 0.2) is 67.1 Å². The number of carboxylic acid groups (broad SMARTS) is 1. The van der Waals surface area contributed by atoms with E-state index < -0.39 is 14.0 Å². The molecule has 0 spiro atoms. The van der Waals surface area contributed by atoms with Gasteiger partial charge >= 0.3 is 5.97 Å². The predicted octanol–water partition coefficient (Wildman–Crippen LogP) is 5.78. The Balaban J connectivity index is 1.49. The van der Waals surface area contributed by atoms with Crippen LogP contribution in [-0.2, 0) is 11.5 Å². The number of hydrogen-bond donors (Lipinski definition) is 1. The maximum atomic E-state index is 11.6. The number of carboxylic acids is 1. The molecule has 0 unspecified atom stereocenters. The van der Waals surface area contributed by atoms with Crippen molar-refractivity contribution >= 4 is 24.9 Å². The lowest BCUT2D eigenvalue weighted by Crippen LogP contribution is -2.22. The zero-order valence-electron chi connectivity index (χ0n) is 18.6. The van der Waals surface area contributed by atoms with Gasteiger partial charge in [0.05, 0.1) is 17.3 Å². The third kappa shape index (κ3) is 5.12. The molecule has 0 atom stereocenters. The minimum absolute atomic E-state index is 0.257. The zero-order valence-corrected chi connectivity index (χ0v) is 19.6. The van der Waals surface area contributed by atoms with Crippen molar-refractivity contribution in [3.05, 3.63) is 72.7 Å². The molecule has 0 aliphatic heterocycles. The second-order valence-corrected chi connectivity index (χ2v) is 14.7. The van der Waals surface area contributed by atoms with Gasteiger partial charge in [-0.05, 0) is 40.9 Å². The molecule has 2 aromatic carbocycles. The highest BCUT2D eigenvalue weighted by molar-refractivity contribution is 6.76. The second kappa shape index (κ2) is 9.06. The van der Waals surface area contributed by atoms with Gasteiger partial charge < -0.3 is 9.84 Å². The van der Waals surface area contributed by atoms with Gasteiger partial charge in [0.1, 0.15) is 6.73 Å². The molecule has 0 amide bonds. The Morgan fingerprint density at radius 2 is 1.69 bits per heavy atom. The highest BCUT2D eigenvalue weighted by atomic mass is 28.3. The van der Waals surface area contributed by atoms with E-state index in [-0.39, 0.29) is 5.56 Å². The summed E-state index contributed by atoms with van der Waals surface area (Å²) < 4.78 is 7.59. The van der Waals surface area contributed by atoms with Crippen LogP contribution in [-0.4, -0.2) is 40.5 Å². The topological polar surface area (TPSA) is 77.2 Å². The normalized spacial score (nSPS) is 11.7. The number of ether oxygens (including phenoxy) is 1. The lowest BCUT2D eigenvalue weighted by Gasteiger charge is -2.15. The molecule has 0 saturated carbocycles. The van der Waals surface area contributed by atoms with E-state index in [2.05, 4.69) is 29.7 Å². The van der Waals surface area contributed by atoms with Crippen molar-refractivity contribution in [2.45, 2.75) is 32.4 Å². The number of rotatable bonds is 8. The summed E-state index contributed by atoms with van der Waals surface area (Å²) >= 11 is 0. The van der Waals surface area contributed by atoms with E-state index in [1.807, 2.05) is 59.5 Å². The number of benzene rings is 2. The molecule has 2 aromatic heterocycles. The van der Waals surface area contributed by atoms with Crippen LogP contribution in [0.2, 0.25) is 25.7 Å². The summed E-state index contributed by atoms with van der Waals surface area (Å²) in [6.45, 7) is 8.24. The van der Waals surface area contributed by atoms with Gasteiger partial charge in [0.15, 0.2) is 0 Å². The average molecular weight is 446 g/mol. The maximum Gasteiger partial charge on any atom is 0.336 e. The molecular weight excluding hydrogens is 418 g/mol. The summed E-state index contributed by atoms with van der Waals surface area (Å²) in [6, 6.07) is 16.6. The SMILES string of the molecule is C[Si](C)(C)CCOCn1cc(-c2ccc(-c3ccc4nccc(C(=O)O)c4c3)cc2)cn1. The van der Waals surface area contributed by atoms with Crippen LogP contribution in [0.3, 0.4) is 0 Å². The van der Waals surface area contributed by atoms with Crippen LogP contribution in [0.25, 0.3) is 33.2 Å². The van der Waals surface area contributed by atoms with Crippen LogP contribution in [0.4, 0.5) is 0 Å². The van der Waals surface area contributed by atoms with Crippen molar-refractivity contribution in [3.63, 3.8) is 0 Å². The number of fused-ring (bicyclic) bond motifs is 1. The lowest BCUT2D eigenvalue weighted by atomic mass is 9.99. The minimum Gasteiger partial charge on any atom is -0.478 e. The third-order valence-corrected chi connectivity index (χ3v) is 7.08. The standard InChI is InChI=1S/C25H27N3O3Si/c1-32(2,3)13-12-31-17-28-16-21(15-27-28)19-6-4-18(5-7-19)20-8-9-24-23(14-20)22(25(29)30)10-11-26-24/h4-11,14-16H,12-13,17H2,1-3H3,(H,29,30). The van der Waals surface area contributed by atoms with Crippen LogP contribution in [0.5, 0.6) is 0 Å². The molecule has 0 aliphatic rings. The van der Waals surface area contributed by atoms with Crippen LogP contribution < -0.4 is 0 Å². The van der Waals surface area contributed by atoms with Crippen molar-refractivity contribution in [2.24, 2.45) is 0 Å². The van der Waals surface area contributed by atoms with E-state index in [0.717, 1.165) is 34.9 Å². The Hall–Kier alpha value is -3.29. The first-order valence-electron chi connectivity index (χ1n) is 10.6. The molecule has 0 saturated heterocycles. The smallest absolute Gasteiger partial charge is 0.336 e. The summed E-state index contributed by atoms with van der Waals surface area (Å²) in [5.74, 6) is -0.952. The first-order chi connectivity index (χ1) is 15.3. The van der Waals surface area contributed by atoms with Crippen molar-refractivity contribution in [2.75, 3.05) is 6.61 Å². The Labute approximate surface area is 188 Å². The fraction of sp³-hybridized carbons (Fsp3) is 0.240. The van der Waals surface area contributed by atoms with E-state index in [4.69, 9.17) is 4.74 Å². The minimum atomic E-state index is -1.09. The van der Waals surface area contributed by atoms with Gasteiger partial charge in [0.25, 0.3) is 0 Å². The van der Waals surface area contributed by atoms with Gasteiger partial charge in [-0.2, -0.15) is 5.10 Å². The molecular formula is C25H27N3O3Si. The predicted molar refractivity (Wildman–Crippen MR) is 129 cm³/mol. The average Bonchev–Trinajstić information content (AvgIpc) is 3.24. The van der Waals surface area contributed by atoms with Gasteiger partial charge in [-0.3, -0.25) is 4.98 Å².